The Morgan fingerprint density at radius 1 is 1.10 bits per heavy atom. The van der Waals surface area contributed by atoms with Gasteiger partial charge in [0.2, 0.25) is 0 Å². The third-order valence-electron chi connectivity index (χ3n) is 3.34. The van der Waals surface area contributed by atoms with Crippen molar-refractivity contribution in [2.24, 2.45) is 0 Å². The molecule has 4 heteroatoms. The summed E-state index contributed by atoms with van der Waals surface area (Å²) in [4.78, 5) is 0. The summed E-state index contributed by atoms with van der Waals surface area (Å²) in [6, 6.07) is 13.6. The van der Waals surface area contributed by atoms with Gasteiger partial charge in [0.25, 0.3) is 0 Å². The lowest BCUT2D eigenvalue weighted by atomic mass is 10.0. The fourth-order valence-corrected chi connectivity index (χ4v) is 2.01. The first-order valence-electron chi connectivity index (χ1n) is 6.79. The van der Waals surface area contributed by atoms with Crippen molar-refractivity contribution in [2.45, 2.75) is 25.7 Å². The maximum atomic E-state index is 13.6. The van der Waals surface area contributed by atoms with Gasteiger partial charge in [-0.2, -0.15) is 0 Å². The Morgan fingerprint density at radius 3 is 2.38 bits per heavy atom. The van der Waals surface area contributed by atoms with Crippen molar-refractivity contribution >= 4 is 0 Å². The highest BCUT2D eigenvalue weighted by Crippen LogP contribution is 2.22. The minimum atomic E-state index is -0.996. The first-order chi connectivity index (χ1) is 10.1. The maximum absolute atomic E-state index is 13.6. The van der Waals surface area contributed by atoms with Crippen LogP contribution in [0.25, 0.3) is 0 Å². The lowest BCUT2D eigenvalue weighted by molar-refractivity contribution is -0.0377. The fourth-order valence-electron chi connectivity index (χ4n) is 2.01. The average molecular weight is 290 g/mol. The van der Waals surface area contributed by atoms with E-state index in [9.17, 15) is 9.50 Å². The number of methoxy groups -OCH3 is 1. The lowest BCUT2D eigenvalue weighted by Crippen LogP contribution is -2.19. The van der Waals surface area contributed by atoms with E-state index >= 15 is 0 Å². The van der Waals surface area contributed by atoms with Crippen LogP contribution in [0.15, 0.2) is 48.5 Å². The molecule has 0 fully saturated rings. The summed E-state index contributed by atoms with van der Waals surface area (Å²) >= 11 is 0. The second kappa shape index (κ2) is 7.20. The van der Waals surface area contributed by atoms with Gasteiger partial charge in [0.15, 0.2) is 0 Å². The monoisotopic (exact) mass is 290 g/mol. The molecular formula is C17H19FO3. The molecule has 112 valence electrons. The Bertz CT molecular complexity index is 569. The van der Waals surface area contributed by atoms with Crippen LogP contribution in [0, 0.1) is 5.82 Å². The van der Waals surface area contributed by atoms with Crippen LogP contribution in [0.1, 0.15) is 24.2 Å². The number of hydrogen-bond acceptors (Lipinski definition) is 3. The molecule has 0 saturated carbocycles. The molecule has 0 aromatic heterocycles. The number of ether oxygens (including phenoxy) is 2. The van der Waals surface area contributed by atoms with E-state index in [4.69, 9.17) is 9.47 Å². The van der Waals surface area contributed by atoms with Crippen molar-refractivity contribution in [3.8, 4) is 5.75 Å². The van der Waals surface area contributed by atoms with E-state index in [1.807, 2.05) is 24.3 Å². The molecule has 0 aliphatic carbocycles. The number of benzene rings is 2. The maximum Gasteiger partial charge on any atom is 0.129 e. The molecule has 0 saturated heterocycles. The van der Waals surface area contributed by atoms with Crippen molar-refractivity contribution in [1.82, 2.24) is 0 Å². The van der Waals surface area contributed by atoms with Crippen LogP contribution < -0.4 is 4.74 Å². The molecule has 21 heavy (non-hydrogen) atoms. The molecule has 0 amide bonds. The second-order valence-electron chi connectivity index (χ2n) is 4.83. The van der Waals surface area contributed by atoms with Gasteiger partial charge >= 0.3 is 0 Å². The lowest BCUT2D eigenvalue weighted by Gasteiger charge is -2.20. The van der Waals surface area contributed by atoms with Crippen LogP contribution in [0.5, 0.6) is 5.75 Å². The van der Waals surface area contributed by atoms with Crippen molar-refractivity contribution < 1.29 is 19.0 Å². The molecule has 3 nitrogen and oxygen atoms in total. The van der Waals surface area contributed by atoms with Crippen LogP contribution >= 0.6 is 0 Å². The minimum absolute atomic E-state index is 0.250. The summed E-state index contributed by atoms with van der Waals surface area (Å²) in [5.41, 5.74) is 1.21. The Labute approximate surface area is 124 Å². The van der Waals surface area contributed by atoms with Crippen LogP contribution in [0.2, 0.25) is 0 Å². The highest BCUT2D eigenvalue weighted by Gasteiger charge is 2.20. The Balaban J connectivity index is 1.94. The Kier molecular flexibility index (Phi) is 5.31. The zero-order valence-electron chi connectivity index (χ0n) is 12.1. The van der Waals surface area contributed by atoms with Crippen molar-refractivity contribution in [2.75, 3.05) is 7.11 Å². The quantitative estimate of drug-likeness (QED) is 0.885. The fraction of sp³-hybridized carbons (Fsp3) is 0.294. The number of aliphatic hydroxyl groups excluding tert-OH is 1. The number of rotatable bonds is 6. The molecule has 2 rings (SSSR count). The van der Waals surface area contributed by atoms with E-state index in [1.165, 1.54) is 6.07 Å². The highest BCUT2D eigenvalue weighted by molar-refractivity contribution is 5.26. The van der Waals surface area contributed by atoms with E-state index in [1.54, 1.807) is 32.2 Å². The van der Waals surface area contributed by atoms with E-state index in [0.29, 0.717) is 6.61 Å². The molecule has 1 N–H and O–H groups in total. The van der Waals surface area contributed by atoms with Crippen LogP contribution in [0.4, 0.5) is 4.39 Å². The van der Waals surface area contributed by atoms with E-state index in [2.05, 4.69) is 0 Å². The van der Waals surface area contributed by atoms with Gasteiger partial charge in [-0.25, -0.2) is 4.39 Å². The van der Waals surface area contributed by atoms with Gasteiger partial charge in [-0.05, 0) is 30.7 Å². The molecule has 0 bridgehead atoms. The third kappa shape index (κ3) is 4.03. The van der Waals surface area contributed by atoms with Crippen molar-refractivity contribution in [1.29, 1.82) is 0 Å². The van der Waals surface area contributed by atoms with E-state index in [0.717, 1.165) is 11.3 Å². The highest BCUT2D eigenvalue weighted by atomic mass is 19.1. The van der Waals surface area contributed by atoms with Crippen LogP contribution in [-0.4, -0.2) is 18.3 Å². The molecule has 2 aromatic rings. The number of hydrogen-bond donors (Lipinski definition) is 1. The standard InChI is InChI=1S/C17H19FO3/c1-12(17(19)15-5-3-4-6-16(15)18)21-11-13-7-9-14(20-2)10-8-13/h3-10,12,17,19H,11H2,1-2H3/t12-,17?/m0/s1. The Morgan fingerprint density at radius 2 is 1.76 bits per heavy atom. The number of aliphatic hydroxyl groups is 1. The summed E-state index contributed by atoms with van der Waals surface area (Å²) < 4.78 is 24.3. The van der Waals surface area contributed by atoms with Gasteiger partial charge in [0.05, 0.1) is 19.8 Å². The average Bonchev–Trinajstić information content (AvgIpc) is 2.53. The molecular weight excluding hydrogens is 271 g/mol. The largest absolute Gasteiger partial charge is 0.497 e. The van der Waals surface area contributed by atoms with Gasteiger partial charge in [-0.15, -0.1) is 0 Å². The predicted octanol–water partition coefficient (Wildman–Crippen LogP) is 3.47. The third-order valence-corrected chi connectivity index (χ3v) is 3.34. The summed E-state index contributed by atoms with van der Waals surface area (Å²) in [7, 11) is 1.61. The zero-order chi connectivity index (χ0) is 15.2. The molecule has 0 aliphatic rings. The first-order valence-corrected chi connectivity index (χ1v) is 6.79. The van der Waals surface area contributed by atoms with E-state index in [-0.39, 0.29) is 5.56 Å². The Hall–Kier alpha value is -1.91. The SMILES string of the molecule is COc1ccc(CO[C@@H](C)C(O)c2ccccc2F)cc1. The van der Waals surface area contributed by atoms with Crippen molar-refractivity contribution in [3.05, 3.63) is 65.5 Å². The molecule has 0 spiro atoms. The molecule has 0 radical (unpaired) electrons. The van der Waals surface area contributed by atoms with Gasteiger partial charge < -0.3 is 14.6 Å². The molecule has 1 unspecified atom stereocenters. The van der Waals surface area contributed by atoms with Crippen molar-refractivity contribution in [3.63, 3.8) is 0 Å². The summed E-state index contributed by atoms with van der Waals surface area (Å²) in [6.07, 6.45) is -1.51. The normalized spacial score (nSPS) is 13.7. The number of halogens is 1. The smallest absolute Gasteiger partial charge is 0.129 e. The molecule has 2 atom stereocenters. The van der Waals surface area contributed by atoms with Crippen LogP contribution in [0.3, 0.4) is 0 Å². The van der Waals surface area contributed by atoms with Gasteiger partial charge in [0.1, 0.15) is 17.7 Å². The van der Waals surface area contributed by atoms with Crippen LogP contribution in [-0.2, 0) is 11.3 Å². The predicted molar refractivity (Wildman–Crippen MR) is 78.6 cm³/mol. The molecule has 2 aromatic carbocycles. The molecule has 0 aliphatic heterocycles. The topological polar surface area (TPSA) is 38.7 Å². The summed E-state index contributed by atoms with van der Waals surface area (Å²) in [6.45, 7) is 2.07. The van der Waals surface area contributed by atoms with Gasteiger partial charge in [-0.3, -0.25) is 0 Å². The first kappa shape index (κ1) is 15.5. The van der Waals surface area contributed by atoms with Gasteiger partial charge in [-0.1, -0.05) is 30.3 Å². The minimum Gasteiger partial charge on any atom is -0.497 e. The zero-order valence-corrected chi connectivity index (χ0v) is 12.1. The second-order valence-corrected chi connectivity index (χ2v) is 4.83. The van der Waals surface area contributed by atoms with Gasteiger partial charge in [0, 0.05) is 5.56 Å². The molecule has 0 heterocycles. The van der Waals surface area contributed by atoms with E-state index < -0.39 is 18.0 Å². The summed E-state index contributed by atoms with van der Waals surface area (Å²) in [5, 5.41) is 10.1. The summed E-state index contributed by atoms with van der Waals surface area (Å²) in [5.74, 6) is 0.350.